The number of halogens is 1. The minimum Gasteiger partial charge on any atom is -0.480 e. The zero-order valence-corrected chi connectivity index (χ0v) is 23.1. The molecule has 12 heteroatoms. The number of nitrogens with one attached hydrogen (secondary N) is 2. The zero-order valence-electron chi connectivity index (χ0n) is 20.7. The standard InChI is InChI=1S/C28H22BrN3O7S/c29-21-10-15-25(31-40(38,39)23-13-11-22(12-14-23)32(36)37)24(17-21)27(33)30-26(28(34)35)16-18-6-8-20(9-7-18)19-4-2-1-3-5-19/h1-15,17,26,31H,16H2,(H,30,33)(H,34,35)/t26-/m0/s1. The Bertz CT molecular complexity index is 1660. The van der Waals surface area contributed by atoms with Crippen LogP contribution in [0.1, 0.15) is 15.9 Å². The summed E-state index contributed by atoms with van der Waals surface area (Å²) in [5.41, 5.74) is 2.15. The monoisotopic (exact) mass is 623 g/mol. The van der Waals surface area contributed by atoms with Crippen molar-refractivity contribution in [1.29, 1.82) is 0 Å². The van der Waals surface area contributed by atoms with Crippen molar-refractivity contribution < 1.29 is 28.0 Å². The van der Waals surface area contributed by atoms with Crippen molar-refractivity contribution in [1.82, 2.24) is 5.32 Å². The number of carboxylic acids is 1. The maximum atomic E-state index is 13.2. The van der Waals surface area contributed by atoms with Crippen LogP contribution in [0.5, 0.6) is 0 Å². The van der Waals surface area contributed by atoms with Gasteiger partial charge in [0.15, 0.2) is 0 Å². The maximum Gasteiger partial charge on any atom is 0.326 e. The van der Waals surface area contributed by atoms with E-state index in [4.69, 9.17) is 0 Å². The van der Waals surface area contributed by atoms with Crippen molar-refractivity contribution in [2.45, 2.75) is 17.4 Å². The smallest absolute Gasteiger partial charge is 0.326 e. The molecule has 0 saturated heterocycles. The second-order valence-electron chi connectivity index (χ2n) is 8.68. The molecule has 0 spiro atoms. The second kappa shape index (κ2) is 12.1. The van der Waals surface area contributed by atoms with E-state index >= 15 is 0 Å². The van der Waals surface area contributed by atoms with E-state index < -0.39 is 32.9 Å². The van der Waals surface area contributed by atoms with Crippen LogP contribution in [0.25, 0.3) is 11.1 Å². The van der Waals surface area contributed by atoms with Crippen LogP contribution in [0.3, 0.4) is 0 Å². The number of nitro groups is 1. The Balaban J connectivity index is 1.53. The molecule has 3 N–H and O–H groups in total. The molecule has 0 fully saturated rings. The number of non-ortho nitro benzene ring substituents is 1. The van der Waals surface area contributed by atoms with E-state index in [9.17, 15) is 33.2 Å². The Hall–Kier alpha value is -4.55. The Morgan fingerprint density at radius 1 is 0.900 bits per heavy atom. The van der Waals surface area contributed by atoms with Gasteiger partial charge in [0.25, 0.3) is 21.6 Å². The molecule has 4 aromatic carbocycles. The third-order valence-corrected chi connectivity index (χ3v) is 7.81. The fourth-order valence-electron chi connectivity index (χ4n) is 3.88. The maximum absolute atomic E-state index is 13.2. The molecule has 10 nitrogen and oxygen atoms in total. The molecule has 0 radical (unpaired) electrons. The predicted octanol–water partition coefficient (Wildman–Crippen LogP) is 5.25. The van der Waals surface area contributed by atoms with Gasteiger partial charge in [-0.25, -0.2) is 13.2 Å². The van der Waals surface area contributed by atoms with E-state index in [1.54, 1.807) is 12.1 Å². The van der Waals surface area contributed by atoms with Crippen LogP contribution in [0.4, 0.5) is 11.4 Å². The largest absolute Gasteiger partial charge is 0.480 e. The van der Waals surface area contributed by atoms with Crippen LogP contribution < -0.4 is 10.0 Å². The highest BCUT2D eigenvalue weighted by Gasteiger charge is 2.25. The number of carbonyl (C=O) groups excluding carboxylic acids is 1. The molecular weight excluding hydrogens is 602 g/mol. The number of benzene rings is 4. The number of carboxylic acid groups (broad SMARTS) is 1. The van der Waals surface area contributed by atoms with Crippen LogP contribution in [-0.2, 0) is 21.2 Å². The fraction of sp³-hybridized carbons (Fsp3) is 0.0714. The number of nitro benzene ring substituents is 1. The van der Waals surface area contributed by atoms with Crippen LogP contribution in [-0.4, -0.2) is 36.4 Å². The predicted molar refractivity (Wildman–Crippen MR) is 153 cm³/mol. The van der Waals surface area contributed by atoms with E-state index in [-0.39, 0.29) is 28.3 Å². The second-order valence-corrected chi connectivity index (χ2v) is 11.3. The van der Waals surface area contributed by atoms with E-state index in [1.807, 2.05) is 42.5 Å². The van der Waals surface area contributed by atoms with Gasteiger partial charge in [-0.3, -0.25) is 19.6 Å². The van der Waals surface area contributed by atoms with Crippen LogP contribution >= 0.6 is 15.9 Å². The Morgan fingerprint density at radius 3 is 2.12 bits per heavy atom. The molecule has 0 aromatic heterocycles. The van der Waals surface area contributed by atoms with Crippen molar-refractivity contribution in [2.75, 3.05) is 4.72 Å². The Labute approximate surface area is 238 Å². The van der Waals surface area contributed by atoms with E-state index in [2.05, 4.69) is 26.0 Å². The summed E-state index contributed by atoms with van der Waals surface area (Å²) in [5.74, 6) is -2.07. The van der Waals surface area contributed by atoms with Crippen molar-refractivity contribution >= 4 is 49.2 Å². The Morgan fingerprint density at radius 2 is 1.52 bits per heavy atom. The number of rotatable bonds is 10. The highest BCUT2D eigenvalue weighted by atomic mass is 79.9. The summed E-state index contributed by atoms with van der Waals surface area (Å²) in [6.07, 6.45) is -0.00595. The first-order chi connectivity index (χ1) is 19.0. The van der Waals surface area contributed by atoms with E-state index in [0.29, 0.717) is 10.0 Å². The van der Waals surface area contributed by atoms with Crippen molar-refractivity contribution in [2.24, 2.45) is 0 Å². The first-order valence-corrected chi connectivity index (χ1v) is 14.1. The molecule has 4 rings (SSSR count). The summed E-state index contributed by atoms with van der Waals surface area (Å²) in [5, 5.41) is 23.2. The lowest BCUT2D eigenvalue weighted by Gasteiger charge is -2.17. The summed E-state index contributed by atoms with van der Waals surface area (Å²) < 4.78 is 28.6. The normalized spacial score (nSPS) is 11.8. The molecule has 4 aromatic rings. The molecule has 0 aliphatic rings. The topological polar surface area (TPSA) is 156 Å². The lowest BCUT2D eigenvalue weighted by atomic mass is 10.0. The van der Waals surface area contributed by atoms with E-state index in [0.717, 1.165) is 35.4 Å². The van der Waals surface area contributed by atoms with Gasteiger partial charge in [0.05, 0.1) is 21.1 Å². The van der Waals surface area contributed by atoms with Gasteiger partial charge in [-0.15, -0.1) is 0 Å². The molecule has 0 aliphatic carbocycles. The minimum atomic E-state index is -4.23. The van der Waals surface area contributed by atoms with Gasteiger partial charge in [0.2, 0.25) is 0 Å². The third-order valence-electron chi connectivity index (χ3n) is 5.93. The van der Waals surface area contributed by atoms with Crippen molar-refractivity contribution in [3.05, 3.63) is 123 Å². The highest BCUT2D eigenvalue weighted by molar-refractivity contribution is 9.10. The quantitative estimate of drug-likeness (QED) is 0.161. The summed E-state index contributed by atoms with van der Waals surface area (Å²) in [4.78, 5) is 35.2. The number of nitrogens with zero attached hydrogens (tertiary/aromatic N) is 1. The number of hydrogen-bond donors (Lipinski definition) is 3. The SMILES string of the molecule is O=C(N[C@@H](Cc1ccc(-c2ccccc2)cc1)C(=O)O)c1cc(Br)ccc1NS(=O)(=O)c1ccc([N+](=O)[O-])cc1. The summed E-state index contributed by atoms with van der Waals surface area (Å²) in [7, 11) is -4.23. The van der Waals surface area contributed by atoms with Gasteiger partial charge in [-0.05, 0) is 47.0 Å². The molecule has 40 heavy (non-hydrogen) atoms. The third kappa shape index (κ3) is 6.90. The lowest BCUT2D eigenvalue weighted by molar-refractivity contribution is -0.384. The molecular formula is C28H22BrN3O7S. The highest BCUT2D eigenvalue weighted by Crippen LogP contribution is 2.26. The van der Waals surface area contributed by atoms with Crippen LogP contribution in [0.15, 0.2) is 106 Å². The molecule has 1 atom stereocenters. The van der Waals surface area contributed by atoms with Gasteiger partial charge in [-0.2, -0.15) is 0 Å². The molecule has 0 bridgehead atoms. The van der Waals surface area contributed by atoms with Crippen molar-refractivity contribution in [3.8, 4) is 11.1 Å². The average molecular weight is 624 g/mol. The molecule has 1 amide bonds. The van der Waals surface area contributed by atoms with Gasteiger partial charge < -0.3 is 10.4 Å². The summed E-state index contributed by atoms with van der Waals surface area (Å²) >= 11 is 3.25. The van der Waals surface area contributed by atoms with Crippen LogP contribution in [0.2, 0.25) is 0 Å². The number of amides is 1. The minimum absolute atomic E-state index is 0.00595. The first-order valence-electron chi connectivity index (χ1n) is 11.8. The number of hydrogen-bond acceptors (Lipinski definition) is 6. The zero-order chi connectivity index (χ0) is 28.9. The van der Waals surface area contributed by atoms with Gasteiger partial charge in [-0.1, -0.05) is 70.5 Å². The molecule has 0 unspecified atom stereocenters. The number of aliphatic carboxylic acids is 1. The number of anilines is 1. The van der Waals surface area contributed by atoms with Gasteiger partial charge in [0, 0.05) is 23.0 Å². The van der Waals surface area contributed by atoms with E-state index in [1.165, 1.54) is 18.2 Å². The first kappa shape index (κ1) is 28.5. The molecule has 0 heterocycles. The molecule has 0 saturated carbocycles. The Kier molecular flexibility index (Phi) is 8.61. The average Bonchev–Trinajstić information content (AvgIpc) is 2.94. The molecule has 204 valence electrons. The number of carbonyl (C=O) groups is 2. The number of sulfonamides is 1. The van der Waals surface area contributed by atoms with Crippen LogP contribution in [0, 0.1) is 10.1 Å². The van der Waals surface area contributed by atoms with Gasteiger partial charge in [0.1, 0.15) is 6.04 Å². The molecule has 0 aliphatic heterocycles. The van der Waals surface area contributed by atoms with Gasteiger partial charge >= 0.3 is 5.97 Å². The fourth-order valence-corrected chi connectivity index (χ4v) is 5.32. The lowest BCUT2D eigenvalue weighted by Crippen LogP contribution is -2.42. The summed E-state index contributed by atoms with van der Waals surface area (Å²) in [6, 6.07) is 24.1. The van der Waals surface area contributed by atoms with Crippen molar-refractivity contribution in [3.63, 3.8) is 0 Å². The summed E-state index contributed by atoms with van der Waals surface area (Å²) in [6.45, 7) is 0.